The molecule has 0 N–H and O–H groups in total. The van der Waals surface area contributed by atoms with Crippen LogP contribution < -0.4 is 9.47 Å². The molecular formula is C19H16ClNO4S. The first kappa shape index (κ1) is 18.2. The van der Waals surface area contributed by atoms with Gasteiger partial charge in [-0.3, -0.25) is 0 Å². The van der Waals surface area contributed by atoms with E-state index in [0.717, 1.165) is 5.56 Å². The third-order valence-electron chi connectivity index (χ3n) is 3.63. The molecule has 3 aromatic rings. The topological polar surface area (TPSA) is 57.7 Å². The quantitative estimate of drug-likeness (QED) is 0.565. The van der Waals surface area contributed by atoms with Gasteiger partial charge in [0.25, 0.3) is 0 Å². The number of methoxy groups -OCH3 is 2. The molecule has 0 amide bonds. The first-order valence-electron chi connectivity index (χ1n) is 7.70. The number of benzene rings is 2. The monoisotopic (exact) mass is 389 g/mol. The molecule has 1 aromatic heterocycles. The number of rotatable bonds is 6. The van der Waals surface area contributed by atoms with E-state index in [4.69, 9.17) is 25.8 Å². The number of carbonyl (C=O) groups excluding carboxylic acids is 1. The molecule has 134 valence electrons. The molecule has 26 heavy (non-hydrogen) atoms. The first-order chi connectivity index (χ1) is 12.6. The molecule has 3 rings (SSSR count). The molecule has 0 atom stereocenters. The van der Waals surface area contributed by atoms with Gasteiger partial charge in [0.1, 0.15) is 23.1 Å². The van der Waals surface area contributed by atoms with E-state index in [0.29, 0.717) is 27.1 Å². The number of thiazole rings is 1. The maximum atomic E-state index is 12.3. The van der Waals surface area contributed by atoms with Crippen molar-refractivity contribution < 1.29 is 19.0 Å². The smallest absolute Gasteiger partial charge is 0.358 e. The lowest BCUT2D eigenvalue weighted by Crippen LogP contribution is -2.06. The molecule has 0 saturated carbocycles. The first-order valence-corrected chi connectivity index (χ1v) is 8.96. The minimum atomic E-state index is -0.501. The van der Waals surface area contributed by atoms with Gasteiger partial charge < -0.3 is 14.2 Å². The average molecular weight is 390 g/mol. The number of halogens is 1. The highest BCUT2D eigenvalue weighted by atomic mass is 35.5. The zero-order valence-electron chi connectivity index (χ0n) is 14.2. The van der Waals surface area contributed by atoms with Gasteiger partial charge >= 0.3 is 5.97 Å². The third kappa shape index (κ3) is 4.15. The molecule has 0 radical (unpaired) electrons. The number of carbonyl (C=O) groups is 1. The summed E-state index contributed by atoms with van der Waals surface area (Å²) in [5, 5.41) is 2.99. The zero-order chi connectivity index (χ0) is 18.5. The van der Waals surface area contributed by atoms with E-state index in [1.54, 1.807) is 49.9 Å². The van der Waals surface area contributed by atoms with Crippen LogP contribution in [0, 0.1) is 0 Å². The predicted octanol–water partition coefficient (Wildman–Crippen LogP) is 4.84. The van der Waals surface area contributed by atoms with Gasteiger partial charge in [-0.25, -0.2) is 9.78 Å². The summed E-state index contributed by atoms with van der Waals surface area (Å²) in [6.07, 6.45) is 0. The Morgan fingerprint density at radius 1 is 1.15 bits per heavy atom. The number of aromatic nitrogens is 1. The lowest BCUT2D eigenvalue weighted by Gasteiger charge is -2.10. The number of esters is 1. The molecule has 0 aliphatic heterocycles. The molecule has 7 heteroatoms. The summed E-state index contributed by atoms with van der Waals surface area (Å²) in [5.74, 6) is 0.782. The summed E-state index contributed by atoms with van der Waals surface area (Å²) in [7, 11) is 3.13. The summed E-state index contributed by atoms with van der Waals surface area (Å²) >= 11 is 7.36. The summed E-state index contributed by atoms with van der Waals surface area (Å²) in [4.78, 5) is 16.6. The van der Waals surface area contributed by atoms with Gasteiger partial charge in [0.05, 0.1) is 14.2 Å². The van der Waals surface area contributed by atoms with Crippen LogP contribution in [0.15, 0.2) is 47.8 Å². The summed E-state index contributed by atoms with van der Waals surface area (Å²) in [5.41, 5.74) is 1.83. The van der Waals surface area contributed by atoms with E-state index in [9.17, 15) is 4.79 Å². The van der Waals surface area contributed by atoms with E-state index < -0.39 is 5.97 Å². The highest BCUT2D eigenvalue weighted by Gasteiger charge is 2.15. The molecule has 0 bridgehead atoms. The van der Waals surface area contributed by atoms with Crippen molar-refractivity contribution >= 4 is 28.9 Å². The molecular weight excluding hydrogens is 374 g/mol. The highest BCUT2D eigenvalue weighted by Crippen LogP contribution is 2.27. The fourth-order valence-corrected chi connectivity index (χ4v) is 3.31. The predicted molar refractivity (Wildman–Crippen MR) is 101 cm³/mol. The van der Waals surface area contributed by atoms with Crippen molar-refractivity contribution in [2.45, 2.75) is 6.61 Å². The summed E-state index contributed by atoms with van der Waals surface area (Å²) < 4.78 is 15.8. The molecule has 2 aromatic carbocycles. The van der Waals surface area contributed by atoms with Crippen LogP contribution in [0.2, 0.25) is 5.02 Å². The van der Waals surface area contributed by atoms with Crippen molar-refractivity contribution in [2.24, 2.45) is 0 Å². The fraction of sp³-hybridized carbons (Fsp3) is 0.158. The van der Waals surface area contributed by atoms with Crippen LogP contribution in [0.5, 0.6) is 11.5 Å². The zero-order valence-corrected chi connectivity index (χ0v) is 15.8. The Balaban J connectivity index is 1.71. The SMILES string of the molecule is COc1ccc(OC)c(COC(=O)c2csc(-c3cccc(Cl)c3)n2)c1. The largest absolute Gasteiger partial charge is 0.497 e. The number of ether oxygens (including phenoxy) is 3. The van der Waals surface area contributed by atoms with Crippen molar-refractivity contribution in [3.05, 3.63) is 64.1 Å². The second kappa shape index (κ2) is 8.21. The van der Waals surface area contributed by atoms with E-state index in [-0.39, 0.29) is 12.3 Å². The van der Waals surface area contributed by atoms with Crippen molar-refractivity contribution in [3.8, 4) is 22.1 Å². The average Bonchev–Trinajstić information content (AvgIpc) is 3.16. The molecule has 0 spiro atoms. The molecule has 0 aliphatic carbocycles. The molecule has 0 saturated heterocycles. The van der Waals surface area contributed by atoms with Crippen molar-refractivity contribution in [3.63, 3.8) is 0 Å². The Morgan fingerprint density at radius 3 is 2.73 bits per heavy atom. The van der Waals surface area contributed by atoms with Crippen LogP contribution in [0.4, 0.5) is 0 Å². The summed E-state index contributed by atoms with van der Waals surface area (Å²) in [6.45, 7) is 0.0588. The maximum Gasteiger partial charge on any atom is 0.358 e. The van der Waals surface area contributed by atoms with Crippen molar-refractivity contribution in [2.75, 3.05) is 14.2 Å². The van der Waals surface area contributed by atoms with Crippen LogP contribution in [0.3, 0.4) is 0 Å². The van der Waals surface area contributed by atoms with Gasteiger partial charge in [0.15, 0.2) is 5.69 Å². The Bertz CT molecular complexity index is 925. The summed E-state index contributed by atoms with van der Waals surface area (Å²) in [6, 6.07) is 12.6. The Labute approximate surface area is 160 Å². The maximum absolute atomic E-state index is 12.3. The van der Waals surface area contributed by atoms with Gasteiger partial charge in [-0.1, -0.05) is 23.7 Å². The van der Waals surface area contributed by atoms with Crippen molar-refractivity contribution in [1.29, 1.82) is 0 Å². The number of nitrogens with zero attached hydrogens (tertiary/aromatic N) is 1. The molecule has 0 fully saturated rings. The number of hydrogen-bond acceptors (Lipinski definition) is 6. The molecule has 0 aliphatic rings. The van der Waals surface area contributed by atoms with Gasteiger partial charge in [0, 0.05) is 21.5 Å². The van der Waals surface area contributed by atoms with Crippen LogP contribution in [-0.4, -0.2) is 25.2 Å². The Kier molecular flexibility index (Phi) is 5.75. The van der Waals surface area contributed by atoms with E-state index in [2.05, 4.69) is 4.98 Å². The van der Waals surface area contributed by atoms with Crippen LogP contribution >= 0.6 is 22.9 Å². The highest BCUT2D eigenvalue weighted by molar-refractivity contribution is 7.13. The van der Waals surface area contributed by atoms with Gasteiger partial charge in [0.2, 0.25) is 0 Å². The minimum absolute atomic E-state index is 0.0588. The van der Waals surface area contributed by atoms with Gasteiger partial charge in [-0.2, -0.15) is 0 Å². The standard InChI is InChI=1S/C19H16ClNO4S/c1-23-15-6-7-17(24-2)13(9-15)10-25-19(22)16-11-26-18(21-16)12-4-3-5-14(20)8-12/h3-9,11H,10H2,1-2H3. The second-order valence-corrected chi connectivity index (χ2v) is 6.60. The third-order valence-corrected chi connectivity index (χ3v) is 4.76. The number of hydrogen-bond donors (Lipinski definition) is 0. The Morgan fingerprint density at radius 2 is 2.00 bits per heavy atom. The Hall–Kier alpha value is -2.57. The molecule has 1 heterocycles. The second-order valence-electron chi connectivity index (χ2n) is 5.30. The van der Waals surface area contributed by atoms with E-state index in [1.807, 2.05) is 12.1 Å². The van der Waals surface area contributed by atoms with Crippen molar-refractivity contribution in [1.82, 2.24) is 4.98 Å². The van der Waals surface area contributed by atoms with E-state index in [1.165, 1.54) is 11.3 Å². The minimum Gasteiger partial charge on any atom is -0.497 e. The van der Waals surface area contributed by atoms with Gasteiger partial charge in [-0.05, 0) is 30.3 Å². The van der Waals surface area contributed by atoms with Crippen LogP contribution in [-0.2, 0) is 11.3 Å². The lowest BCUT2D eigenvalue weighted by atomic mass is 10.2. The van der Waals surface area contributed by atoms with Crippen LogP contribution in [0.25, 0.3) is 10.6 Å². The molecule has 0 unspecified atom stereocenters. The lowest BCUT2D eigenvalue weighted by molar-refractivity contribution is 0.0464. The molecule has 5 nitrogen and oxygen atoms in total. The van der Waals surface area contributed by atoms with E-state index >= 15 is 0 Å². The van der Waals surface area contributed by atoms with Crippen LogP contribution in [0.1, 0.15) is 16.1 Å². The fourth-order valence-electron chi connectivity index (χ4n) is 2.33. The normalized spacial score (nSPS) is 10.4. The van der Waals surface area contributed by atoms with Gasteiger partial charge in [-0.15, -0.1) is 11.3 Å².